The molecular weight excluding hydrogens is 330 g/mol. The summed E-state index contributed by atoms with van der Waals surface area (Å²) >= 11 is 6.18. The molecule has 0 radical (unpaired) electrons. The number of hydrogen-bond acceptors (Lipinski definition) is 4. The Hall–Kier alpha value is -2.40. The quantitative estimate of drug-likeness (QED) is 0.822. The summed E-state index contributed by atoms with van der Waals surface area (Å²) in [6.45, 7) is 0. The number of carbonyl (C=O) groups excluding carboxylic acids is 1. The average molecular weight is 350 g/mol. The normalized spacial score (nSPS) is 10.2. The van der Waals surface area contributed by atoms with Gasteiger partial charge in [0.1, 0.15) is 5.75 Å². The van der Waals surface area contributed by atoms with Crippen LogP contribution in [0.2, 0.25) is 5.02 Å². The number of para-hydroxylation sites is 1. The molecule has 0 saturated heterocycles. The van der Waals surface area contributed by atoms with Crippen molar-refractivity contribution in [2.75, 3.05) is 26.6 Å². The third-order valence-corrected chi connectivity index (χ3v) is 3.87. The molecule has 0 aliphatic carbocycles. The second-order valence-electron chi connectivity index (χ2n) is 5.05. The summed E-state index contributed by atoms with van der Waals surface area (Å²) in [5.41, 5.74) is 1.47. The van der Waals surface area contributed by atoms with Gasteiger partial charge < -0.3 is 19.5 Å². The zero-order chi connectivity index (χ0) is 17.5. The summed E-state index contributed by atoms with van der Waals surface area (Å²) in [5, 5.41) is 3.18. The maximum atomic E-state index is 12.2. The Morgan fingerprint density at radius 2 is 1.62 bits per heavy atom. The summed E-state index contributed by atoms with van der Waals surface area (Å²) in [6.07, 6.45) is 0.881. The van der Waals surface area contributed by atoms with Crippen molar-refractivity contribution in [3.8, 4) is 17.2 Å². The lowest BCUT2D eigenvalue weighted by atomic mass is 10.1. The van der Waals surface area contributed by atoms with Crippen LogP contribution in [0.1, 0.15) is 12.0 Å². The van der Waals surface area contributed by atoms with Crippen LogP contribution in [0.15, 0.2) is 36.4 Å². The molecule has 0 aliphatic rings. The van der Waals surface area contributed by atoms with E-state index in [-0.39, 0.29) is 5.91 Å². The number of hydrogen-bond donors (Lipinski definition) is 1. The van der Waals surface area contributed by atoms with Crippen LogP contribution in [0.5, 0.6) is 17.2 Å². The highest BCUT2D eigenvalue weighted by Gasteiger charge is 2.13. The minimum Gasteiger partial charge on any atom is -0.496 e. The number of anilines is 1. The Morgan fingerprint density at radius 1 is 1.00 bits per heavy atom. The van der Waals surface area contributed by atoms with Gasteiger partial charge in [-0.3, -0.25) is 4.79 Å². The first kappa shape index (κ1) is 17.9. The maximum Gasteiger partial charge on any atom is 0.224 e. The number of methoxy groups -OCH3 is 3. The summed E-state index contributed by atoms with van der Waals surface area (Å²) in [6, 6.07) is 10.9. The molecule has 0 heterocycles. The van der Waals surface area contributed by atoms with Crippen molar-refractivity contribution in [3.05, 3.63) is 47.0 Å². The molecule has 24 heavy (non-hydrogen) atoms. The highest BCUT2D eigenvalue weighted by atomic mass is 35.5. The van der Waals surface area contributed by atoms with Gasteiger partial charge in [0.15, 0.2) is 11.5 Å². The highest BCUT2D eigenvalue weighted by molar-refractivity contribution is 6.34. The minimum absolute atomic E-state index is 0.143. The van der Waals surface area contributed by atoms with Crippen LogP contribution < -0.4 is 19.5 Å². The van der Waals surface area contributed by atoms with Crippen LogP contribution in [-0.2, 0) is 11.2 Å². The molecule has 5 nitrogen and oxygen atoms in total. The lowest BCUT2D eigenvalue weighted by molar-refractivity contribution is -0.116. The Bertz CT molecular complexity index is 718. The summed E-state index contributed by atoms with van der Waals surface area (Å²) in [5.74, 6) is 1.64. The first-order valence-corrected chi connectivity index (χ1v) is 7.80. The number of aryl methyl sites for hydroxylation is 1. The third-order valence-electron chi connectivity index (χ3n) is 3.56. The fourth-order valence-corrected chi connectivity index (χ4v) is 2.52. The molecule has 0 aromatic heterocycles. The Labute approximate surface area is 146 Å². The van der Waals surface area contributed by atoms with Gasteiger partial charge in [-0.05, 0) is 18.1 Å². The molecule has 0 aliphatic heterocycles. The molecule has 0 atom stereocenters. The smallest absolute Gasteiger partial charge is 0.224 e. The molecule has 0 unspecified atom stereocenters. The molecule has 128 valence electrons. The number of rotatable bonds is 7. The molecule has 2 rings (SSSR count). The largest absolute Gasteiger partial charge is 0.496 e. The van der Waals surface area contributed by atoms with Crippen LogP contribution >= 0.6 is 11.6 Å². The molecule has 1 N–H and O–H groups in total. The molecule has 0 bridgehead atoms. The lowest BCUT2D eigenvalue weighted by Crippen LogP contribution is -2.13. The van der Waals surface area contributed by atoms with Gasteiger partial charge in [-0.2, -0.15) is 0 Å². The third kappa shape index (κ3) is 4.32. The predicted octanol–water partition coefficient (Wildman–Crippen LogP) is 3.94. The highest BCUT2D eigenvalue weighted by Crippen LogP contribution is 2.36. The van der Waals surface area contributed by atoms with Crippen molar-refractivity contribution >= 4 is 23.2 Å². The van der Waals surface area contributed by atoms with Crippen LogP contribution in [0, 0.1) is 0 Å². The van der Waals surface area contributed by atoms with Crippen molar-refractivity contribution in [3.63, 3.8) is 0 Å². The number of carbonyl (C=O) groups is 1. The monoisotopic (exact) mass is 349 g/mol. The second-order valence-corrected chi connectivity index (χ2v) is 5.45. The molecule has 1 amide bonds. The first-order valence-electron chi connectivity index (χ1n) is 7.42. The van der Waals surface area contributed by atoms with E-state index < -0.39 is 0 Å². The van der Waals surface area contributed by atoms with Gasteiger partial charge in [0, 0.05) is 18.6 Å². The Kier molecular flexibility index (Phi) is 6.32. The average Bonchev–Trinajstić information content (AvgIpc) is 2.61. The molecule has 2 aromatic rings. The molecular formula is C18H20ClNO4. The van der Waals surface area contributed by atoms with Crippen LogP contribution in [0.25, 0.3) is 0 Å². The van der Waals surface area contributed by atoms with E-state index in [2.05, 4.69) is 5.32 Å². The Balaban J connectivity index is 2.04. The zero-order valence-electron chi connectivity index (χ0n) is 13.9. The fourth-order valence-electron chi connectivity index (χ4n) is 2.32. The number of ether oxygens (including phenoxy) is 3. The summed E-state index contributed by atoms with van der Waals surface area (Å²) in [4.78, 5) is 12.2. The topological polar surface area (TPSA) is 56.8 Å². The molecule has 6 heteroatoms. The van der Waals surface area contributed by atoms with E-state index >= 15 is 0 Å². The summed E-state index contributed by atoms with van der Waals surface area (Å²) < 4.78 is 15.7. The minimum atomic E-state index is -0.143. The van der Waals surface area contributed by atoms with Gasteiger partial charge in [0.05, 0.1) is 32.0 Å². The standard InChI is InChI=1S/C18H20ClNO4/c1-22-15-7-5-4-6-12(15)8-9-18(21)20-14-11-17(24-3)16(23-2)10-13(14)19/h4-7,10-11H,8-9H2,1-3H3,(H,20,21). The van der Waals surface area contributed by atoms with Crippen molar-refractivity contribution in [1.29, 1.82) is 0 Å². The number of nitrogens with one attached hydrogen (secondary N) is 1. The number of halogens is 1. The summed E-state index contributed by atoms with van der Waals surface area (Å²) in [7, 11) is 4.67. The van der Waals surface area contributed by atoms with E-state index in [0.29, 0.717) is 35.1 Å². The lowest BCUT2D eigenvalue weighted by Gasteiger charge is -2.13. The maximum absolute atomic E-state index is 12.2. The molecule has 2 aromatic carbocycles. The van der Waals surface area contributed by atoms with Gasteiger partial charge in [-0.1, -0.05) is 29.8 Å². The Morgan fingerprint density at radius 3 is 2.29 bits per heavy atom. The fraction of sp³-hybridized carbons (Fsp3) is 0.278. The van der Waals surface area contributed by atoms with Gasteiger partial charge in [-0.25, -0.2) is 0 Å². The number of benzene rings is 2. The molecule has 0 spiro atoms. The molecule has 0 saturated carbocycles. The second kappa shape index (κ2) is 8.45. The van der Waals surface area contributed by atoms with E-state index in [1.54, 1.807) is 19.2 Å². The number of amides is 1. The van der Waals surface area contributed by atoms with E-state index in [1.165, 1.54) is 14.2 Å². The predicted molar refractivity (Wildman–Crippen MR) is 94.5 cm³/mol. The van der Waals surface area contributed by atoms with Gasteiger partial charge in [0.25, 0.3) is 0 Å². The van der Waals surface area contributed by atoms with E-state index in [4.69, 9.17) is 25.8 Å². The van der Waals surface area contributed by atoms with E-state index in [0.717, 1.165) is 11.3 Å². The van der Waals surface area contributed by atoms with Crippen LogP contribution in [0.3, 0.4) is 0 Å². The van der Waals surface area contributed by atoms with Crippen LogP contribution in [-0.4, -0.2) is 27.2 Å². The van der Waals surface area contributed by atoms with Crippen molar-refractivity contribution in [2.24, 2.45) is 0 Å². The van der Waals surface area contributed by atoms with Crippen molar-refractivity contribution in [2.45, 2.75) is 12.8 Å². The van der Waals surface area contributed by atoms with Crippen molar-refractivity contribution < 1.29 is 19.0 Å². The zero-order valence-corrected chi connectivity index (χ0v) is 14.6. The van der Waals surface area contributed by atoms with E-state index in [9.17, 15) is 4.79 Å². The first-order chi connectivity index (χ1) is 11.6. The SMILES string of the molecule is COc1ccccc1CCC(=O)Nc1cc(OC)c(OC)cc1Cl. The van der Waals surface area contributed by atoms with Gasteiger partial charge in [-0.15, -0.1) is 0 Å². The van der Waals surface area contributed by atoms with Crippen molar-refractivity contribution in [1.82, 2.24) is 0 Å². The van der Waals surface area contributed by atoms with Gasteiger partial charge >= 0.3 is 0 Å². The molecule has 0 fully saturated rings. The van der Waals surface area contributed by atoms with Crippen LogP contribution in [0.4, 0.5) is 5.69 Å². The van der Waals surface area contributed by atoms with E-state index in [1.807, 2.05) is 24.3 Å². The van der Waals surface area contributed by atoms with Gasteiger partial charge in [0.2, 0.25) is 5.91 Å².